The fraction of sp³-hybridized carbons (Fsp3) is 0.917. The molecule has 0 unspecified atom stereocenters. The molecule has 6 nitrogen and oxygen atoms in total. The predicted octanol–water partition coefficient (Wildman–Crippen LogP) is 7.58. The first-order valence-electron chi connectivity index (χ1n) is 17.4. The van der Waals surface area contributed by atoms with E-state index in [0.29, 0.717) is 52.9 Å². The maximum atomic E-state index is 9.80. The van der Waals surface area contributed by atoms with Crippen LogP contribution >= 0.6 is 0 Å². The summed E-state index contributed by atoms with van der Waals surface area (Å²) in [6, 6.07) is 0. The van der Waals surface area contributed by atoms with E-state index in [0.717, 1.165) is 19.3 Å². The van der Waals surface area contributed by atoms with Crippen LogP contribution in [0.2, 0.25) is 0 Å². The summed E-state index contributed by atoms with van der Waals surface area (Å²) < 4.78 is 19.6. The Morgan fingerprint density at radius 1 is 0.386 bits per heavy atom. The molecular formula is C36H77AlBaO6. The van der Waals surface area contributed by atoms with Gasteiger partial charge in [0.1, 0.15) is 0 Å². The summed E-state index contributed by atoms with van der Waals surface area (Å²) >= 11 is 0. The van der Waals surface area contributed by atoms with Crippen molar-refractivity contribution in [2.75, 3.05) is 66.1 Å². The number of ether oxygens (including phenoxy) is 4. The second-order valence-corrected chi connectivity index (χ2v) is 9.83. The minimum atomic E-state index is -0.161. The second-order valence-electron chi connectivity index (χ2n) is 9.83. The molecule has 0 bridgehead atoms. The molecule has 0 aliphatic rings. The first kappa shape index (κ1) is 61.1. The first-order chi connectivity index (χ1) is 20.6. The van der Waals surface area contributed by atoms with E-state index in [-0.39, 0.29) is 79.5 Å². The van der Waals surface area contributed by atoms with Crippen LogP contribution in [0.5, 0.6) is 0 Å². The Labute approximate surface area is 329 Å². The quantitative estimate of drug-likeness (QED) is 0.0633. The van der Waals surface area contributed by atoms with Crippen LogP contribution in [0.3, 0.4) is 0 Å². The van der Waals surface area contributed by atoms with Gasteiger partial charge >= 0.3 is 48.9 Å². The summed E-state index contributed by atoms with van der Waals surface area (Å²) in [5.41, 5.74) is 0. The summed E-state index contributed by atoms with van der Waals surface area (Å²) in [6.45, 7) is 25.9. The average Bonchev–Trinajstić information content (AvgIpc) is 3.01. The van der Waals surface area contributed by atoms with Crippen LogP contribution in [0.15, 0.2) is 0 Å². The zero-order valence-electron chi connectivity index (χ0n) is 30.7. The average molecular weight is 770 g/mol. The largest absolute Gasteiger partial charge is 2.00 e. The Bertz CT molecular complexity index is 286. The molecule has 0 atom stereocenters. The van der Waals surface area contributed by atoms with Crippen LogP contribution in [0.25, 0.3) is 0 Å². The van der Waals surface area contributed by atoms with Crippen molar-refractivity contribution in [2.24, 2.45) is 0 Å². The van der Waals surface area contributed by atoms with Gasteiger partial charge in [0.25, 0.3) is 0 Å². The molecule has 8 heteroatoms. The topological polar surface area (TPSA) is 83.0 Å². The number of hydrogen-bond acceptors (Lipinski definition) is 6. The normalized spacial score (nSPS) is 9.41. The van der Waals surface area contributed by atoms with Gasteiger partial charge in [0, 0.05) is 43.8 Å². The van der Waals surface area contributed by atoms with Crippen molar-refractivity contribution in [3.63, 3.8) is 0 Å². The summed E-state index contributed by atoms with van der Waals surface area (Å²) in [7, 11) is 0. The third-order valence-electron chi connectivity index (χ3n) is 5.67. The third-order valence-corrected chi connectivity index (χ3v) is 5.67. The molecular weight excluding hydrogens is 693 g/mol. The van der Waals surface area contributed by atoms with E-state index in [1.165, 1.54) is 96.3 Å². The predicted molar refractivity (Wildman–Crippen MR) is 192 cm³/mol. The van der Waals surface area contributed by atoms with Gasteiger partial charge in [-0.3, -0.25) is 0 Å². The Kier molecular flexibility index (Phi) is 105. The van der Waals surface area contributed by atoms with Gasteiger partial charge in [-0.1, -0.05) is 157 Å². The van der Waals surface area contributed by atoms with Gasteiger partial charge in [0.2, 0.25) is 0 Å². The number of hydrogen-bond donors (Lipinski definition) is 0. The molecule has 0 aromatic rings. The van der Waals surface area contributed by atoms with E-state index in [1.54, 1.807) is 0 Å². The van der Waals surface area contributed by atoms with Crippen molar-refractivity contribution in [1.82, 2.24) is 0 Å². The number of unbranched alkanes of at least 4 members (excludes halogenated alkanes) is 15. The summed E-state index contributed by atoms with van der Waals surface area (Å²) in [5.74, 6) is 0. The smallest absolute Gasteiger partial charge is 0.853 e. The molecule has 0 N–H and O–H groups in total. The zero-order chi connectivity index (χ0) is 32.6. The van der Waals surface area contributed by atoms with Crippen molar-refractivity contribution >= 4 is 66.2 Å². The fourth-order valence-electron chi connectivity index (χ4n) is 3.19. The summed E-state index contributed by atoms with van der Waals surface area (Å²) in [5, 5.41) is 19.6. The molecule has 262 valence electrons. The molecule has 0 aliphatic heterocycles. The van der Waals surface area contributed by atoms with Gasteiger partial charge < -0.3 is 29.2 Å². The maximum absolute atomic E-state index is 9.80. The molecule has 6 radical (unpaired) electrons. The van der Waals surface area contributed by atoms with E-state index >= 15 is 0 Å². The fourth-order valence-corrected chi connectivity index (χ4v) is 3.19. The monoisotopic (exact) mass is 770 g/mol. The molecule has 0 aliphatic carbocycles. The molecule has 0 spiro atoms. The van der Waals surface area contributed by atoms with E-state index < -0.39 is 0 Å². The van der Waals surface area contributed by atoms with E-state index in [1.807, 2.05) is 13.8 Å². The van der Waals surface area contributed by atoms with Gasteiger partial charge in [-0.15, -0.1) is 13.2 Å². The minimum Gasteiger partial charge on any atom is -0.853 e. The standard InChI is InChI=1S/3C8H17.2C6H13O3.Al.Ba/c3*1-3-5-7-8-6-4-2;2*1-2-8-5-6-9-4-3-7;;/h3*1,3-8H2,2H3;2*2-6H2,1H3;;/q;;;2*-1;;+2. The second kappa shape index (κ2) is 75.3. The van der Waals surface area contributed by atoms with Crippen LogP contribution in [-0.4, -0.2) is 132 Å². The van der Waals surface area contributed by atoms with Crippen molar-refractivity contribution in [3.05, 3.63) is 20.8 Å². The van der Waals surface area contributed by atoms with Crippen LogP contribution in [0.1, 0.15) is 150 Å². The molecule has 0 heterocycles. The van der Waals surface area contributed by atoms with Crippen molar-refractivity contribution in [3.8, 4) is 0 Å². The van der Waals surface area contributed by atoms with Crippen LogP contribution in [0.4, 0.5) is 0 Å². The van der Waals surface area contributed by atoms with Gasteiger partial charge in [-0.2, -0.15) is 0 Å². The SMILES string of the molecule is CCOCCOCC[O-].CCOCCOCC[O-].[Al].[Ba+2].[CH2]CCCCCCC.[CH2]CCCCCCC.[CH2]CCCCCCC. The van der Waals surface area contributed by atoms with Gasteiger partial charge in [-0.05, 0) is 13.8 Å². The van der Waals surface area contributed by atoms with Crippen molar-refractivity contribution < 1.29 is 29.2 Å². The number of rotatable bonds is 27. The zero-order valence-corrected chi connectivity index (χ0v) is 36.2. The Balaban J connectivity index is -0.0000000770. The molecule has 0 fully saturated rings. The van der Waals surface area contributed by atoms with Gasteiger partial charge in [0.15, 0.2) is 0 Å². The summed E-state index contributed by atoms with van der Waals surface area (Å²) in [6.07, 6.45) is 23.9. The summed E-state index contributed by atoms with van der Waals surface area (Å²) in [4.78, 5) is 0. The maximum Gasteiger partial charge on any atom is 2.00 e. The first-order valence-corrected chi connectivity index (χ1v) is 17.4. The van der Waals surface area contributed by atoms with Crippen LogP contribution < -0.4 is 10.2 Å². The molecule has 0 saturated heterocycles. The minimum absolute atomic E-state index is 0. The van der Waals surface area contributed by atoms with Gasteiger partial charge in [-0.25, -0.2) is 0 Å². The molecule has 0 rings (SSSR count). The molecule has 0 aromatic carbocycles. The van der Waals surface area contributed by atoms with Crippen molar-refractivity contribution in [2.45, 2.75) is 150 Å². The van der Waals surface area contributed by atoms with Crippen LogP contribution in [0, 0.1) is 20.8 Å². The van der Waals surface area contributed by atoms with Crippen LogP contribution in [-0.2, 0) is 18.9 Å². The van der Waals surface area contributed by atoms with Gasteiger partial charge in [0.05, 0.1) is 26.4 Å². The van der Waals surface area contributed by atoms with E-state index in [9.17, 15) is 10.2 Å². The third kappa shape index (κ3) is 96.7. The molecule has 0 aromatic heterocycles. The molecule has 44 heavy (non-hydrogen) atoms. The molecule has 0 saturated carbocycles. The Morgan fingerprint density at radius 3 is 0.841 bits per heavy atom. The molecule has 0 amide bonds. The van der Waals surface area contributed by atoms with E-state index in [4.69, 9.17) is 18.9 Å². The Morgan fingerprint density at radius 2 is 0.636 bits per heavy atom. The van der Waals surface area contributed by atoms with E-state index in [2.05, 4.69) is 41.5 Å². The Hall–Kier alpha value is 1.86. The van der Waals surface area contributed by atoms with Crippen molar-refractivity contribution in [1.29, 1.82) is 0 Å².